The Morgan fingerprint density at radius 3 is 2.77 bits per heavy atom. The van der Waals surface area contributed by atoms with Crippen LogP contribution in [0.25, 0.3) is 18.2 Å². The SMILES string of the molecule is C/C=C\c1[nH]c2c(c1C)C=C=C=C2. The number of nitrogens with one attached hydrogen (secondary N) is 1. The second kappa shape index (κ2) is 2.99. The summed E-state index contributed by atoms with van der Waals surface area (Å²) in [6.07, 6.45) is 8.00. The molecule has 0 spiro atoms. The monoisotopic (exact) mass is 169 g/mol. The van der Waals surface area contributed by atoms with Gasteiger partial charge in [0.2, 0.25) is 0 Å². The number of aromatic amines is 1. The summed E-state index contributed by atoms with van der Waals surface area (Å²) in [6.45, 7) is 4.13. The van der Waals surface area contributed by atoms with Crippen LogP contribution in [0.15, 0.2) is 17.5 Å². The molecule has 1 heterocycles. The minimum Gasteiger partial charge on any atom is -0.354 e. The minimum atomic E-state index is 1.13. The maximum absolute atomic E-state index is 3.33. The number of H-pyrrole nitrogens is 1. The zero-order valence-electron chi connectivity index (χ0n) is 7.81. The molecule has 64 valence electrons. The fourth-order valence-electron chi connectivity index (χ4n) is 1.51. The van der Waals surface area contributed by atoms with Crippen molar-refractivity contribution >= 4 is 18.2 Å². The summed E-state index contributed by atoms with van der Waals surface area (Å²) in [4.78, 5) is 3.33. The van der Waals surface area contributed by atoms with Gasteiger partial charge < -0.3 is 4.98 Å². The Morgan fingerprint density at radius 1 is 1.31 bits per heavy atom. The Hall–Kier alpha value is -1.68. The van der Waals surface area contributed by atoms with Gasteiger partial charge in [0, 0.05) is 17.3 Å². The standard InChI is InChI=1S/C12H11N/c1-3-6-11-9(2)10-7-4-5-8-12(10)13-11/h3,6-8,13H,1-2H3/b6-3-. The number of hydrogen-bond acceptors (Lipinski definition) is 0. The molecule has 1 aromatic heterocycles. The van der Waals surface area contributed by atoms with E-state index in [1.807, 2.05) is 25.2 Å². The summed E-state index contributed by atoms with van der Waals surface area (Å²) in [7, 11) is 0. The molecule has 0 saturated heterocycles. The van der Waals surface area contributed by atoms with Gasteiger partial charge in [0.25, 0.3) is 0 Å². The van der Waals surface area contributed by atoms with Crippen molar-refractivity contribution in [1.82, 2.24) is 4.98 Å². The van der Waals surface area contributed by atoms with Crippen molar-refractivity contribution in [2.45, 2.75) is 13.8 Å². The maximum Gasteiger partial charge on any atom is 0.0552 e. The molecule has 0 aliphatic heterocycles. The molecular weight excluding hydrogens is 158 g/mol. The van der Waals surface area contributed by atoms with Gasteiger partial charge in [0.05, 0.1) is 5.69 Å². The van der Waals surface area contributed by atoms with Crippen LogP contribution in [0.3, 0.4) is 0 Å². The molecule has 0 bridgehead atoms. The molecule has 0 saturated carbocycles. The Balaban J connectivity index is 2.62. The predicted octanol–water partition coefficient (Wildman–Crippen LogP) is 3.15. The molecule has 2 rings (SSSR count). The van der Waals surface area contributed by atoms with E-state index in [9.17, 15) is 0 Å². The van der Waals surface area contributed by atoms with Crippen molar-refractivity contribution in [3.63, 3.8) is 0 Å². The zero-order chi connectivity index (χ0) is 9.26. The molecule has 1 N–H and O–H groups in total. The van der Waals surface area contributed by atoms with Gasteiger partial charge in [0.15, 0.2) is 0 Å². The average Bonchev–Trinajstić information content (AvgIpc) is 2.46. The van der Waals surface area contributed by atoms with Crippen LogP contribution < -0.4 is 0 Å². The highest BCUT2D eigenvalue weighted by Gasteiger charge is 2.08. The van der Waals surface area contributed by atoms with Crippen molar-refractivity contribution < 1.29 is 0 Å². The average molecular weight is 169 g/mol. The van der Waals surface area contributed by atoms with Gasteiger partial charge in [-0.25, -0.2) is 0 Å². The van der Waals surface area contributed by atoms with Gasteiger partial charge in [-0.05, 0) is 31.6 Å². The highest BCUT2D eigenvalue weighted by molar-refractivity contribution is 5.72. The lowest BCUT2D eigenvalue weighted by atomic mass is 10.1. The van der Waals surface area contributed by atoms with Crippen LogP contribution in [-0.2, 0) is 0 Å². The molecule has 0 aromatic carbocycles. The van der Waals surface area contributed by atoms with Crippen LogP contribution in [0.5, 0.6) is 0 Å². The maximum atomic E-state index is 3.33. The van der Waals surface area contributed by atoms with Gasteiger partial charge in [-0.15, -0.1) is 0 Å². The summed E-state index contributed by atoms with van der Waals surface area (Å²) >= 11 is 0. The molecule has 1 aromatic rings. The lowest BCUT2D eigenvalue weighted by Crippen LogP contribution is -1.77. The number of allylic oxidation sites excluding steroid dienone is 1. The second-order valence-electron chi connectivity index (χ2n) is 3.07. The van der Waals surface area contributed by atoms with Crippen molar-refractivity contribution in [3.05, 3.63) is 40.1 Å². The third-order valence-corrected chi connectivity index (χ3v) is 2.22. The third kappa shape index (κ3) is 1.21. The molecule has 0 radical (unpaired) electrons. The van der Waals surface area contributed by atoms with Crippen LogP contribution in [0.1, 0.15) is 29.4 Å². The molecule has 1 aliphatic rings. The summed E-state index contributed by atoms with van der Waals surface area (Å²) in [5, 5.41) is 0. The topological polar surface area (TPSA) is 15.8 Å². The normalized spacial score (nSPS) is 12.8. The Kier molecular flexibility index (Phi) is 1.83. The first-order valence-corrected chi connectivity index (χ1v) is 4.35. The number of rotatable bonds is 1. The van der Waals surface area contributed by atoms with Gasteiger partial charge in [-0.2, -0.15) is 0 Å². The van der Waals surface area contributed by atoms with E-state index in [1.54, 1.807) is 0 Å². The Labute approximate surface area is 77.8 Å². The van der Waals surface area contributed by atoms with Crippen molar-refractivity contribution in [2.24, 2.45) is 0 Å². The highest BCUT2D eigenvalue weighted by atomic mass is 14.7. The van der Waals surface area contributed by atoms with Gasteiger partial charge in [0.1, 0.15) is 0 Å². The molecule has 1 nitrogen and oxygen atoms in total. The van der Waals surface area contributed by atoms with Crippen LogP contribution in [0.2, 0.25) is 0 Å². The summed E-state index contributed by atoms with van der Waals surface area (Å²) in [5.41, 5.74) is 10.7. The zero-order valence-corrected chi connectivity index (χ0v) is 7.81. The molecular formula is C12H11N. The van der Waals surface area contributed by atoms with Gasteiger partial charge >= 0.3 is 0 Å². The van der Waals surface area contributed by atoms with Crippen LogP contribution in [0.4, 0.5) is 0 Å². The van der Waals surface area contributed by atoms with E-state index >= 15 is 0 Å². The Morgan fingerprint density at radius 2 is 2.08 bits per heavy atom. The van der Waals surface area contributed by atoms with Crippen molar-refractivity contribution in [2.75, 3.05) is 0 Å². The van der Waals surface area contributed by atoms with Crippen LogP contribution in [0, 0.1) is 6.92 Å². The fourth-order valence-corrected chi connectivity index (χ4v) is 1.51. The molecule has 0 atom stereocenters. The fraction of sp³-hybridized carbons (Fsp3) is 0.167. The third-order valence-electron chi connectivity index (χ3n) is 2.22. The van der Waals surface area contributed by atoms with E-state index in [0.717, 1.165) is 5.69 Å². The summed E-state index contributed by atoms with van der Waals surface area (Å²) in [5.74, 6) is 0. The second-order valence-corrected chi connectivity index (χ2v) is 3.07. The lowest BCUT2D eigenvalue weighted by molar-refractivity contribution is 1.32. The lowest BCUT2D eigenvalue weighted by Gasteiger charge is -1.93. The summed E-state index contributed by atoms with van der Waals surface area (Å²) < 4.78 is 0. The molecule has 1 aliphatic carbocycles. The first-order chi connectivity index (χ1) is 6.33. The van der Waals surface area contributed by atoms with E-state index in [4.69, 9.17) is 0 Å². The predicted molar refractivity (Wildman–Crippen MR) is 56.2 cm³/mol. The van der Waals surface area contributed by atoms with E-state index in [0.29, 0.717) is 0 Å². The molecule has 0 amide bonds. The first kappa shape index (κ1) is 7.94. The van der Waals surface area contributed by atoms with Crippen molar-refractivity contribution in [3.8, 4) is 0 Å². The van der Waals surface area contributed by atoms with Gasteiger partial charge in [-0.3, -0.25) is 0 Å². The summed E-state index contributed by atoms with van der Waals surface area (Å²) in [6, 6.07) is 0. The van der Waals surface area contributed by atoms with Crippen LogP contribution >= 0.6 is 0 Å². The number of aromatic nitrogens is 1. The van der Waals surface area contributed by atoms with Gasteiger partial charge in [-0.1, -0.05) is 17.5 Å². The van der Waals surface area contributed by atoms with E-state index < -0.39 is 0 Å². The first-order valence-electron chi connectivity index (χ1n) is 4.35. The number of hydrogen-bond donors (Lipinski definition) is 1. The molecule has 0 unspecified atom stereocenters. The van der Waals surface area contributed by atoms with E-state index in [1.165, 1.54) is 16.8 Å². The Bertz CT molecular complexity index is 460. The van der Waals surface area contributed by atoms with E-state index in [2.05, 4.69) is 29.4 Å². The quantitative estimate of drug-likeness (QED) is 0.631. The molecule has 0 fully saturated rings. The smallest absolute Gasteiger partial charge is 0.0552 e. The number of fused-ring (bicyclic) bond motifs is 1. The largest absolute Gasteiger partial charge is 0.354 e. The van der Waals surface area contributed by atoms with Crippen molar-refractivity contribution in [1.29, 1.82) is 0 Å². The molecule has 13 heavy (non-hydrogen) atoms. The minimum absolute atomic E-state index is 1.13. The van der Waals surface area contributed by atoms with E-state index in [-0.39, 0.29) is 0 Å². The van der Waals surface area contributed by atoms with Crippen LogP contribution in [-0.4, -0.2) is 4.98 Å². The highest BCUT2D eigenvalue weighted by Crippen LogP contribution is 2.22. The molecule has 1 heteroatoms.